The molecule has 98 valence electrons. The number of nitrogens with two attached hydrogens (primary N) is 1. The molecule has 0 saturated heterocycles. The Labute approximate surface area is 108 Å². The standard InChI is InChI=1S/C12H11FN4O2/c1-7-6-17(12(14)16-7)15-5-8-3-2-4-9(13)10(8)11(18)19/h2-6H,1H3,(H2,14,16)(H,18,19). The molecule has 0 aliphatic rings. The van der Waals surface area contributed by atoms with Crippen molar-refractivity contribution in [2.45, 2.75) is 6.92 Å². The van der Waals surface area contributed by atoms with Crippen LogP contribution >= 0.6 is 0 Å². The molecule has 1 aromatic carbocycles. The number of anilines is 1. The molecule has 2 aromatic rings. The largest absolute Gasteiger partial charge is 0.478 e. The highest BCUT2D eigenvalue weighted by molar-refractivity contribution is 5.98. The van der Waals surface area contributed by atoms with Crippen LogP contribution in [0.25, 0.3) is 0 Å². The number of aromatic nitrogens is 2. The van der Waals surface area contributed by atoms with Gasteiger partial charge in [0.25, 0.3) is 0 Å². The van der Waals surface area contributed by atoms with Crippen molar-refractivity contribution in [3.05, 3.63) is 47.0 Å². The minimum absolute atomic E-state index is 0.151. The second kappa shape index (κ2) is 4.89. The number of aromatic carboxylic acids is 1. The number of aryl methyl sites for hydroxylation is 1. The molecule has 0 spiro atoms. The molecule has 0 saturated carbocycles. The van der Waals surface area contributed by atoms with Gasteiger partial charge in [0.2, 0.25) is 5.95 Å². The van der Waals surface area contributed by atoms with Crippen LogP contribution in [0.2, 0.25) is 0 Å². The van der Waals surface area contributed by atoms with Crippen molar-refractivity contribution in [1.29, 1.82) is 0 Å². The fourth-order valence-electron chi connectivity index (χ4n) is 1.59. The highest BCUT2D eigenvalue weighted by Crippen LogP contribution is 2.12. The van der Waals surface area contributed by atoms with Gasteiger partial charge in [-0.1, -0.05) is 12.1 Å². The monoisotopic (exact) mass is 262 g/mol. The van der Waals surface area contributed by atoms with Crippen LogP contribution in [0.1, 0.15) is 21.6 Å². The summed E-state index contributed by atoms with van der Waals surface area (Å²) >= 11 is 0. The predicted octanol–water partition coefficient (Wildman–Crippen LogP) is 1.49. The minimum Gasteiger partial charge on any atom is -0.478 e. The quantitative estimate of drug-likeness (QED) is 0.819. The molecule has 1 heterocycles. The fraction of sp³-hybridized carbons (Fsp3) is 0.0833. The molecule has 19 heavy (non-hydrogen) atoms. The Morgan fingerprint density at radius 3 is 2.89 bits per heavy atom. The number of rotatable bonds is 3. The number of imidazole rings is 1. The van der Waals surface area contributed by atoms with Gasteiger partial charge in [0, 0.05) is 5.56 Å². The summed E-state index contributed by atoms with van der Waals surface area (Å²) < 4.78 is 14.7. The summed E-state index contributed by atoms with van der Waals surface area (Å²) in [6.45, 7) is 1.74. The Bertz CT molecular complexity index is 664. The van der Waals surface area contributed by atoms with Gasteiger partial charge >= 0.3 is 5.97 Å². The smallest absolute Gasteiger partial charge is 0.339 e. The van der Waals surface area contributed by atoms with E-state index in [1.54, 1.807) is 13.1 Å². The molecule has 2 rings (SSSR count). The maximum Gasteiger partial charge on any atom is 0.339 e. The Kier molecular flexibility index (Phi) is 3.28. The zero-order valence-electron chi connectivity index (χ0n) is 10.0. The van der Waals surface area contributed by atoms with Crippen LogP contribution in [0, 0.1) is 12.7 Å². The second-order valence-corrected chi connectivity index (χ2v) is 3.84. The summed E-state index contributed by atoms with van der Waals surface area (Å²) in [7, 11) is 0. The minimum atomic E-state index is -1.35. The third-order valence-electron chi connectivity index (χ3n) is 2.42. The summed E-state index contributed by atoms with van der Waals surface area (Å²) in [5, 5.41) is 12.9. The number of nitrogen functional groups attached to an aromatic ring is 1. The molecular weight excluding hydrogens is 251 g/mol. The van der Waals surface area contributed by atoms with E-state index < -0.39 is 17.3 Å². The maximum absolute atomic E-state index is 13.4. The molecule has 0 fully saturated rings. The third kappa shape index (κ3) is 2.59. The summed E-state index contributed by atoms with van der Waals surface area (Å²) in [6, 6.07) is 3.94. The Balaban J connectivity index is 2.41. The van der Waals surface area contributed by atoms with Crippen molar-refractivity contribution in [2.24, 2.45) is 5.10 Å². The van der Waals surface area contributed by atoms with Crippen LogP contribution in [0.4, 0.5) is 10.3 Å². The first-order chi connectivity index (χ1) is 8.99. The normalized spacial score (nSPS) is 11.1. The van der Waals surface area contributed by atoms with Crippen molar-refractivity contribution in [2.75, 3.05) is 5.73 Å². The predicted molar refractivity (Wildman–Crippen MR) is 67.7 cm³/mol. The van der Waals surface area contributed by atoms with Crippen LogP contribution in [-0.2, 0) is 0 Å². The molecule has 0 radical (unpaired) electrons. The molecule has 0 unspecified atom stereocenters. The zero-order chi connectivity index (χ0) is 14.0. The lowest BCUT2D eigenvalue weighted by molar-refractivity contribution is 0.0692. The molecule has 0 aliphatic heterocycles. The number of nitrogens with zero attached hydrogens (tertiary/aromatic N) is 3. The van der Waals surface area contributed by atoms with E-state index in [0.29, 0.717) is 5.69 Å². The highest BCUT2D eigenvalue weighted by atomic mass is 19.1. The first-order valence-corrected chi connectivity index (χ1v) is 5.36. The average molecular weight is 262 g/mol. The Morgan fingerprint density at radius 2 is 2.32 bits per heavy atom. The van der Waals surface area contributed by atoms with Gasteiger partial charge < -0.3 is 10.8 Å². The molecule has 0 bridgehead atoms. The number of carbonyl (C=O) groups is 1. The van der Waals surface area contributed by atoms with E-state index in [2.05, 4.69) is 10.1 Å². The number of benzene rings is 1. The number of hydrogen-bond acceptors (Lipinski definition) is 4. The van der Waals surface area contributed by atoms with Gasteiger partial charge in [-0.2, -0.15) is 5.10 Å². The molecule has 0 atom stereocenters. The lowest BCUT2D eigenvalue weighted by Gasteiger charge is -2.02. The van der Waals surface area contributed by atoms with Crippen molar-refractivity contribution < 1.29 is 14.3 Å². The van der Waals surface area contributed by atoms with Gasteiger partial charge in [-0.15, -0.1) is 0 Å². The number of halogens is 1. The number of carboxylic acid groups (broad SMARTS) is 1. The molecule has 0 aliphatic carbocycles. The van der Waals surface area contributed by atoms with Crippen LogP contribution in [-0.4, -0.2) is 27.0 Å². The second-order valence-electron chi connectivity index (χ2n) is 3.84. The lowest BCUT2D eigenvalue weighted by Crippen LogP contribution is -2.06. The van der Waals surface area contributed by atoms with Crippen LogP contribution in [0.5, 0.6) is 0 Å². The van der Waals surface area contributed by atoms with Crippen molar-refractivity contribution in [1.82, 2.24) is 9.66 Å². The van der Waals surface area contributed by atoms with Gasteiger partial charge in [0.1, 0.15) is 11.4 Å². The maximum atomic E-state index is 13.4. The van der Waals surface area contributed by atoms with E-state index in [4.69, 9.17) is 10.8 Å². The molecule has 3 N–H and O–H groups in total. The van der Waals surface area contributed by atoms with Crippen molar-refractivity contribution in [3.63, 3.8) is 0 Å². The van der Waals surface area contributed by atoms with Gasteiger partial charge in [-0.3, -0.25) is 0 Å². The Morgan fingerprint density at radius 1 is 1.58 bits per heavy atom. The van der Waals surface area contributed by atoms with E-state index in [0.717, 1.165) is 6.07 Å². The summed E-state index contributed by atoms with van der Waals surface area (Å²) in [5.74, 6) is -2.00. The third-order valence-corrected chi connectivity index (χ3v) is 2.42. The summed E-state index contributed by atoms with van der Waals surface area (Å²) in [6.07, 6.45) is 2.80. The van der Waals surface area contributed by atoms with Gasteiger partial charge in [-0.25, -0.2) is 18.8 Å². The van der Waals surface area contributed by atoms with E-state index in [9.17, 15) is 9.18 Å². The van der Waals surface area contributed by atoms with Gasteiger partial charge in [-0.05, 0) is 13.0 Å². The molecule has 0 amide bonds. The number of hydrogen-bond donors (Lipinski definition) is 2. The van der Waals surface area contributed by atoms with E-state index in [1.807, 2.05) is 0 Å². The van der Waals surface area contributed by atoms with Gasteiger partial charge in [0.15, 0.2) is 0 Å². The van der Waals surface area contributed by atoms with Crippen LogP contribution in [0.15, 0.2) is 29.5 Å². The van der Waals surface area contributed by atoms with Crippen molar-refractivity contribution >= 4 is 18.1 Å². The first-order valence-electron chi connectivity index (χ1n) is 5.36. The molecule has 6 nitrogen and oxygen atoms in total. The van der Waals surface area contributed by atoms with E-state index in [-0.39, 0.29) is 11.5 Å². The van der Waals surface area contributed by atoms with E-state index in [1.165, 1.54) is 23.0 Å². The summed E-state index contributed by atoms with van der Waals surface area (Å²) in [5.41, 5.74) is 5.98. The molecule has 1 aromatic heterocycles. The average Bonchev–Trinajstić information content (AvgIpc) is 2.64. The van der Waals surface area contributed by atoms with E-state index >= 15 is 0 Å². The van der Waals surface area contributed by atoms with Crippen LogP contribution in [0.3, 0.4) is 0 Å². The summed E-state index contributed by atoms with van der Waals surface area (Å²) in [4.78, 5) is 14.9. The Hall–Kier alpha value is -2.70. The fourth-order valence-corrected chi connectivity index (χ4v) is 1.59. The highest BCUT2D eigenvalue weighted by Gasteiger charge is 2.14. The lowest BCUT2D eigenvalue weighted by atomic mass is 10.1. The van der Waals surface area contributed by atoms with Crippen LogP contribution < -0.4 is 5.73 Å². The SMILES string of the molecule is Cc1cn(N=Cc2cccc(F)c2C(=O)O)c(N)n1. The zero-order valence-corrected chi connectivity index (χ0v) is 10.0. The number of carboxylic acids is 1. The van der Waals surface area contributed by atoms with Crippen molar-refractivity contribution in [3.8, 4) is 0 Å². The first kappa shape index (κ1) is 12.7. The molecular formula is C12H11FN4O2. The topological polar surface area (TPSA) is 93.5 Å². The van der Waals surface area contributed by atoms with Gasteiger partial charge in [0.05, 0.1) is 18.1 Å². The molecule has 7 heteroatoms.